The molecule has 2 rings (SSSR count). The minimum Gasteiger partial charge on any atom is -1.00 e. The zero-order valence-corrected chi connectivity index (χ0v) is 25.0. The van der Waals surface area contributed by atoms with Crippen LogP contribution in [0.25, 0.3) is 0 Å². The number of aliphatic imine (C=N–C) groups is 1. The van der Waals surface area contributed by atoms with Crippen LogP contribution in [0, 0.1) is 0 Å². The maximum Gasteiger partial charge on any atom is 0.372 e. The van der Waals surface area contributed by atoms with Crippen molar-refractivity contribution in [2.75, 3.05) is 13.7 Å². The lowest BCUT2D eigenvalue weighted by Crippen LogP contribution is -3.00. The van der Waals surface area contributed by atoms with Crippen LogP contribution in [0.2, 0.25) is 0 Å². The second-order valence-corrected chi connectivity index (χ2v) is 9.74. The highest BCUT2D eigenvalue weighted by molar-refractivity contribution is 5.82. The van der Waals surface area contributed by atoms with Gasteiger partial charge in [-0.15, -0.1) is 0 Å². The van der Waals surface area contributed by atoms with E-state index in [1.165, 1.54) is 84.2 Å². The first-order valence-corrected chi connectivity index (χ1v) is 14.2. The van der Waals surface area contributed by atoms with Crippen LogP contribution in [0.1, 0.15) is 102 Å². The zero-order valence-electron chi connectivity index (χ0n) is 23.4. The van der Waals surface area contributed by atoms with Crippen molar-refractivity contribution in [3.05, 3.63) is 48.3 Å². The van der Waals surface area contributed by atoms with Crippen molar-refractivity contribution in [3.63, 3.8) is 0 Å². The van der Waals surface area contributed by atoms with Crippen molar-refractivity contribution in [3.8, 4) is 11.5 Å². The Morgan fingerprint density at radius 2 is 1.53 bits per heavy atom. The van der Waals surface area contributed by atoms with E-state index >= 15 is 0 Å². The second-order valence-electron chi connectivity index (χ2n) is 9.74. The third-order valence-corrected chi connectivity index (χ3v) is 6.48. The molecule has 0 saturated carbocycles. The van der Waals surface area contributed by atoms with Crippen LogP contribution in [0.4, 0.5) is 5.69 Å². The number of hydrogen-bond donors (Lipinski definition) is 1. The van der Waals surface area contributed by atoms with Gasteiger partial charge in [-0.25, -0.2) is 9.79 Å². The summed E-state index contributed by atoms with van der Waals surface area (Å²) in [6, 6.07) is 8.76. The zero-order chi connectivity index (χ0) is 26.6. The molecule has 0 fully saturated rings. The Morgan fingerprint density at radius 3 is 2.13 bits per heavy atom. The fourth-order valence-corrected chi connectivity index (χ4v) is 4.28. The van der Waals surface area contributed by atoms with Gasteiger partial charge in [-0.05, 0) is 36.2 Å². The van der Waals surface area contributed by atoms with Crippen molar-refractivity contribution in [2.24, 2.45) is 4.99 Å². The van der Waals surface area contributed by atoms with Gasteiger partial charge in [-0.2, -0.15) is 4.57 Å². The highest BCUT2D eigenvalue weighted by atomic mass is 79.9. The summed E-state index contributed by atoms with van der Waals surface area (Å²) in [4.78, 5) is 16.7. The standard InChI is InChI=1S/C31H46N2O4.BrH/c1-3-4-5-6-7-8-9-10-11-12-13-14-15-16-22-37-31(35)26-33-21-17-18-28(25-33)32-24-27-19-20-29(34)30(23-27)36-2;/h17-21,23-25H,3-16,22,26H2,1-2H3;1H. The number of halogens is 1. The van der Waals surface area contributed by atoms with Crippen molar-refractivity contribution in [1.29, 1.82) is 0 Å². The molecule has 212 valence electrons. The fourth-order valence-electron chi connectivity index (χ4n) is 4.28. The molecule has 1 aromatic carbocycles. The Labute approximate surface area is 240 Å². The molecule has 1 N–H and O–H groups in total. The van der Waals surface area contributed by atoms with E-state index in [1.807, 2.05) is 24.5 Å². The van der Waals surface area contributed by atoms with Gasteiger partial charge in [0.1, 0.15) is 5.69 Å². The van der Waals surface area contributed by atoms with E-state index in [9.17, 15) is 9.90 Å². The Morgan fingerprint density at radius 1 is 0.921 bits per heavy atom. The molecule has 0 radical (unpaired) electrons. The van der Waals surface area contributed by atoms with E-state index in [2.05, 4.69) is 11.9 Å². The lowest BCUT2D eigenvalue weighted by atomic mass is 10.0. The van der Waals surface area contributed by atoms with Crippen LogP contribution in [0.15, 0.2) is 47.7 Å². The van der Waals surface area contributed by atoms with Crippen LogP contribution >= 0.6 is 0 Å². The number of unbranched alkanes of at least 4 members (excludes halogenated alkanes) is 13. The topological polar surface area (TPSA) is 72.0 Å². The smallest absolute Gasteiger partial charge is 0.372 e. The van der Waals surface area contributed by atoms with Gasteiger partial charge in [0.25, 0.3) is 0 Å². The van der Waals surface area contributed by atoms with Gasteiger partial charge in [0.15, 0.2) is 23.9 Å². The summed E-state index contributed by atoms with van der Waals surface area (Å²) in [6.45, 7) is 2.91. The normalized spacial score (nSPS) is 10.9. The first kappa shape index (κ1) is 33.6. The highest BCUT2D eigenvalue weighted by Crippen LogP contribution is 2.25. The van der Waals surface area contributed by atoms with Crippen LogP contribution in [-0.2, 0) is 16.1 Å². The quantitative estimate of drug-likeness (QED) is 0.107. The number of carbonyl (C=O) groups is 1. The van der Waals surface area contributed by atoms with Gasteiger partial charge in [0.05, 0.1) is 13.7 Å². The summed E-state index contributed by atoms with van der Waals surface area (Å²) >= 11 is 0. The molecule has 0 aliphatic heterocycles. The van der Waals surface area contributed by atoms with E-state index in [-0.39, 0.29) is 35.2 Å². The molecule has 1 heterocycles. The number of phenolic OH excluding ortho intramolecular Hbond substituents is 1. The predicted octanol–water partition coefficient (Wildman–Crippen LogP) is 4.47. The highest BCUT2D eigenvalue weighted by Gasteiger charge is 2.11. The number of pyridine rings is 1. The first-order chi connectivity index (χ1) is 18.1. The van der Waals surface area contributed by atoms with Crippen molar-refractivity contribution in [1.82, 2.24) is 0 Å². The average molecular weight is 592 g/mol. The molecule has 6 nitrogen and oxygen atoms in total. The molecule has 0 aliphatic rings. The summed E-state index contributed by atoms with van der Waals surface area (Å²) in [5.74, 6) is 0.252. The largest absolute Gasteiger partial charge is 1.00 e. The third kappa shape index (κ3) is 15.1. The monoisotopic (exact) mass is 590 g/mol. The predicted molar refractivity (Wildman–Crippen MR) is 150 cm³/mol. The number of nitrogens with zero attached hydrogens (tertiary/aromatic N) is 2. The number of carbonyl (C=O) groups excluding carboxylic acids is 1. The molecule has 0 bridgehead atoms. The Bertz CT molecular complexity index is 936. The average Bonchev–Trinajstić information content (AvgIpc) is 2.90. The van der Waals surface area contributed by atoms with Crippen LogP contribution in [-0.4, -0.2) is 31.0 Å². The number of rotatable bonds is 20. The molecular formula is C31H47BrN2O4. The van der Waals surface area contributed by atoms with E-state index in [1.54, 1.807) is 29.0 Å². The molecule has 0 spiro atoms. The van der Waals surface area contributed by atoms with Crippen LogP contribution in [0.5, 0.6) is 11.5 Å². The Hall–Kier alpha value is -2.41. The number of aromatic hydroxyl groups is 1. The summed E-state index contributed by atoms with van der Waals surface area (Å²) in [5, 5.41) is 9.71. The summed E-state index contributed by atoms with van der Waals surface area (Å²) in [5.41, 5.74) is 1.52. The Balaban J connectivity index is 0.00000722. The summed E-state index contributed by atoms with van der Waals surface area (Å²) in [6.07, 6.45) is 23.7. The van der Waals surface area contributed by atoms with Gasteiger partial charge in [0.2, 0.25) is 6.54 Å². The minimum atomic E-state index is -0.232. The van der Waals surface area contributed by atoms with E-state index in [0.717, 1.165) is 18.4 Å². The fraction of sp³-hybridized carbons (Fsp3) is 0.581. The molecule has 2 aromatic rings. The second kappa shape index (κ2) is 21.5. The SMILES string of the molecule is CCCCCCCCCCCCCCCCOC(=O)C[n+]1cccc(N=Cc2ccc(O)c(OC)c2)c1.[Br-]. The van der Waals surface area contributed by atoms with Crippen LogP contribution < -0.4 is 26.3 Å². The molecule has 7 heteroatoms. The third-order valence-electron chi connectivity index (χ3n) is 6.48. The lowest BCUT2D eigenvalue weighted by Gasteiger charge is -2.04. The molecule has 0 saturated heterocycles. The first-order valence-electron chi connectivity index (χ1n) is 14.2. The van der Waals surface area contributed by atoms with Gasteiger partial charge >= 0.3 is 5.97 Å². The lowest BCUT2D eigenvalue weighted by molar-refractivity contribution is -0.685. The summed E-state index contributed by atoms with van der Waals surface area (Å²) in [7, 11) is 1.51. The molecule has 0 aliphatic carbocycles. The molecule has 38 heavy (non-hydrogen) atoms. The number of benzene rings is 1. The van der Waals surface area contributed by atoms with E-state index < -0.39 is 0 Å². The number of esters is 1. The number of aromatic nitrogens is 1. The summed E-state index contributed by atoms with van der Waals surface area (Å²) < 4.78 is 12.3. The van der Waals surface area contributed by atoms with Gasteiger partial charge in [-0.1, -0.05) is 90.4 Å². The number of ether oxygens (including phenoxy) is 2. The van der Waals surface area contributed by atoms with Crippen molar-refractivity contribution in [2.45, 2.75) is 103 Å². The maximum absolute atomic E-state index is 12.2. The van der Waals surface area contributed by atoms with Gasteiger partial charge in [0, 0.05) is 12.3 Å². The van der Waals surface area contributed by atoms with Crippen molar-refractivity contribution >= 4 is 17.9 Å². The molecule has 1 aromatic heterocycles. The van der Waals surface area contributed by atoms with Crippen LogP contribution in [0.3, 0.4) is 0 Å². The Kier molecular flexibility index (Phi) is 19.0. The van der Waals surface area contributed by atoms with E-state index in [0.29, 0.717) is 18.0 Å². The number of methoxy groups -OCH3 is 1. The number of hydrogen-bond acceptors (Lipinski definition) is 5. The molecular weight excluding hydrogens is 544 g/mol. The van der Waals surface area contributed by atoms with Gasteiger partial charge in [-0.3, -0.25) is 0 Å². The van der Waals surface area contributed by atoms with E-state index in [4.69, 9.17) is 9.47 Å². The molecule has 0 atom stereocenters. The maximum atomic E-state index is 12.2. The molecule has 0 unspecified atom stereocenters. The van der Waals surface area contributed by atoms with Gasteiger partial charge < -0.3 is 31.6 Å². The van der Waals surface area contributed by atoms with Crippen molar-refractivity contribution < 1.29 is 40.9 Å². The molecule has 0 amide bonds. The number of phenols is 1. The minimum absolute atomic E-state index is 0.